The van der Waals surface area contributed by atoms with E-state index in [1.165, 1.54) is 0 Å². The third-order valence-corrected chi connectivity index (χ3v) is 4.25. The SMILES string of the molecule is CCNC(=NCc1ccnc(Oc2ccc(OCC)cc2)c1)NCCn1cccc1. The molecule has 0 radical (unpaired) electrons. The molecule has 0 unspecified atom stereocenters. The summed E-state index contributed by atoms with van der Waals surface area (Å²) in [6, 6.07) is 15.4. The first-order valence-electron chi connectivity index (χ1n) is 10.3. The van der Waals surface area contributed by atoms with Gasteiger partial charge in [-0.3, -0.25) is 0 Å². The fraction of sp³-hybridized carbons (Fsp3) is 0.304. The van der Waals surface area contributed by atoms with Gasteiger partial charge in [-0.05, 0) is 61.9 Å². The zero-order chi connectivity index (χ0) is 21.0. The Morgan fingerprint density at radius 1 is 1.03 bits per heavy atom. The van der Waals surface area contributed by atoms with Crippen LogP contribution in [0.5, 0.6) is 17.4 Å². The smallest absolute Gasteiger partial charge is 0.219 e. The Morgan fingerprint density at radius 3 is 2.53 bits per heavy atom. The van der Waals surface area contributed by atoms with Gasteiger partial charge in [0.15, 0.2) is 5.96 Å². The number of ether oxygens (including phenoxy) is 2. The van der Waals surface area contributed by atoms with Crippen LogP contribution in [0.3, 0.4) is 0 Å². The molecule has 0 saturated heterocycles. The summed E-state index contributed by atoms with van der Waals surface area (Å²) < 4.78 is 13.4. The second-order valence-electron chi connectivity index (χ2n) is 6.55. The Balaban J connectivity index is 1.56. The second kappa shape index (κ2) is 11.5. The van der Waals surface area contributed by atoms with Crippen LogP contribution >= 0.6 is 0 Å². The van der Waals surface area contributed by atoms with Crippen molar-refractivity contribution in [3.63, 3.8) is 0 Å². The molecule has 0 aliphatic heterocycles. The van der Waals surface area contributed by atoms with E-state index < -0.39 is 0 Å². The Hall–Kier alpha value is -3.48. The molecular weight excluding hydrogens is 378 g/mol. The second-order valence-corrected chi connectivity index (χ2v) is 6.55. The highest BCUT2D eigenvalue weighted by molar-refractivity contribution is 5.79. The Morgan fingerprint density at radius 2 is 1.80 bits per heavy atom. The molecule has 0 saturated carbocycles. The molecule has 0 amide bonds. The summed E-state index contributed by atoms with van der Waals surface area (Å²) in [5.74, 6) is 2.86. The van der Waals surface area contributed by atoms with E-state index in [-0.39, 0.29) is 0 Å². The molecule has 2 N–H and O–H groups in total. The number of aliphatic imine (C=N–C) groups is 1. The van der Waals surface area contributed by atoms with Crippen LogP contribution in [0.2, 0.25) is 0 Å². The van der Waals surface area contributed by atoms with Crippen LogP contribution in [0.15, 0.2) is 72.1 Å². The summed E-state index contributed by atoms with van der Waals surface area (Å²) in [5.41, 5.74) is 1.02. The predicted octanol–water partition coefficient (Wildman–Crippen LogP) is 3.83. The fourth-order valence-electron chi connectivity index (χ4n) is 2.83. The monoisotopic (exact) mass is 407 g/mol. The molecular formula is C23H29N5O2. The molecule has 0 aliphatic rings. The number of guanidine groups is 1. The highest BCUT2D eigenvalue weighted by atomic mass is 16.5. The number of hydrogen-bond acceptors (Lipinski definition) is 4. The molecule has 3 aromatic rings. The van der Waals surface area contributed by atoms with Gasteiger partial charge < -0.3 is 24.7 Å². The predicted molar refractivity (Wildman–Crippen MR) is 119 cm³/mol. The molecule has 0 aliphatic carbocycles. The van der Waals surface area contributed by atoms with E-state index >= 15 is 0 Å². The van der Waals surface area contributed by atoms with E-state index in [4.69, 9.17) is 9.47 Å². The van der Waals surface area contributed by atoms with Crippen molar-refractivity contribution in [2.75, 3.05) is 19.7 Å². The maximum Gasteiger partial charge on any atom is 0.219 e. The van der Waals surface area contributed by atoms with E-state index in [1.807, 2.05) is 55.5 Å². The standard InChI is InChI=1S/C23H29N5O2/c1-3-24-23(26-13-16-28-14-5-6-15-28)27-18-19-11-12-25-22(17-19)30-21-9-7-20(8-10-21)29-4-2/h5-12,14-15,17H,3-4,13,16,18H2,1-2H3,(H2,24,26,27). The summed E-state index contributed by atoms with van der Waals surface area (Å²) in [7, 11) is 0. The van der Waals surface area contributed by atoms with Gasteiger partial charge >= 0.3 is 0 Å². The zero-order valence-corrected chi connectivity index (χ0v) is 17.5. The van der Waals surface area contributed by atoms with Crippen LogP contribution < -0.4 is 20.1 Å². The number of pyridine rings is 1. The lowest BCUT2D eigenvalue weighted by atomic mass is 10.2. The minimum absolute atomic E-state index is 0.529. The molecule has 0 atom stereocenters. The van der Waals surface area contributed by atoms with Gasteiger partial charge in [0, 0.05) is 44.3 Å². The van der Waals surface area contributed by atoms with Gasteiger partial charge in [0.1, 0.15) is 11.5 Å². The van der Waals surface area contributed by atoms with Gasteiger partial charge in [-0.25, -0.2) is 9.98 Å². The lowest BCUT2D eigenvalue weighted by Gasteiger charge is -2.12. The van der Waals surface area contributed by atoms with Crippen molar-refractivity contribution < 1.29 is 9.47 Å². The number of benzene rings is 1. The van der Waals surface area contributed by atoms with Crippen molar-refractivity contribution in [1.82, 2.24) is 20.2 Å². The van der Waals surface area contributed by atoms with Crippen LogP contribution in [0, 0.1) is 0 Å². The molecule has 30 heavy (non-hydrogen) atoms. The van der Waals surface area contributed by atoms with Crippen LogP contribution in [-0.2, 0) is 13.1 Å². The molecule has 0 spiro atoms. The molecule has 2 aromatic heterocycles. The van der Waals surface area contributed by atoms with Crippen LogP contribution in [-0.4, -0.2) is 35.2 Å². The third kappa shape index (κ3) is 6.84. The van der Waals surface area contributed by atoms with Gasteiger partial charge in [-0.15, -0.1) is 0 Å². The lowest BCUT2D eigenvalue weighted by Crippen LogP contribution is -2.38. The van der Waals surface area contributed by atoms with E-state index in [2.05, 4.69) is 44.5 Å². The van der Waals surface area contributed by atoms with Crippen molar-refractivity contribution >= 4 is 5.96 Å². The number of rotatable bonds is 10. The fourth-order valence-corrected chi connectivity index (χ4v) is 2.83. The molecule has 3 rings (SSSR count). The van der Waals surface area contributed by atoms with Crippen LogP contribution in [0.1, 0.15) is 19.4 Å². The highest BCUT2D eigenvalue weighted by Gasteiger charge is 2.03. The first kappa shape index (κ1) is 21.2. The van der Waals surface area contributed by atoms with Gasteiger partial charge in [0.25, 0.3) is 0 Å². The van der Waals surface area contributed by atoms with Gasteiger partial charge in [-0.1, -0.05) is 0 Å². The summed E-state index contributed by atoms with van der Waals surface area (Å²) in [6.07, 6.45) is 5.84. The first-order chi connectivity index (χ1) is 14.8. The molecule has 7 heteroatoms. The minimum atomic E-state index is 0.529. The average Bonchev–Trinajstić information content (AvgIpc) is 3.27. The largest absolute Gasteiger partial charge is 0.494 e. The quantitative estimate of drug-likeness (QED) is 0.395. The van der Waals surface area contributed by atoms with E-state index in [9.17, 15) is 0 Å². The van der Waals surface area contributed by atoms with Crippen molar-refractivity contribution in [2.45, 2.75) is 26.9 Å². The molecule has 2 heterocycles. The summed E-state index contributed by atoms with van der Waals surface area (Å²) in [6.45, 7) is 7.66. The third-order valence-electron chi connectivity index (χ3n) is 4.25. The van der Waals surface area contributed by atoms with E-state index in [0.717, 1.165) is 36.9 Å². The van der Waals surface area contributed by atoms with Crippen molar-refractivity contribution in [2.24, 2.45) is 4.99 Å². The lowest BCUT2D eigenvalue weighted by molar-refractivity contribution is 0.339. The van der Waals surface area contributed by atoms with Crippen molar-refractivity contribution in [3.05, 3.63) is 72.7 Å². The summed E-state index contributed by atoms with van der Waals surface area (Å²) >= 11 is 0. The van der Waals surface area contributed by atoms with Crippen molar-refractivity contribution in [1.29, 1.82) is 0 Å². The molecule has 0 bridgehead atoms. The summed E-state index contributed by atoms with van der Waals surface area (Å²) in [4.78, 5) is 8.97. The van der Waals surface area contributed by atoms with Crippen molar-refractivity contribution in [3.8, 4) is 17.4 Å². The van der Waals surface area contributed by atoms with Gasteiger partial charge in [-0.2, -0.15) is 0 Å². The Bertz CT molecular complexity index is 908. The number of aromatic nitrogens is 2. The maximum absolute atomic E-state index is 5.86. The topological polar surface area (TPSA) is 72.7 Å². The Labute approximate surface area is 177 Å². The minimum Gasteiger partial charge on any atom is -0.494 e. The number of nitrogens with one attached hydrogen (secondary N) is 2. The zero-order valence-electron chi connectivity index (χ0n) is 17.5. The van der Waals surface area contributed by atoms with Gasteiger partial charge in [0.05, 0.1) is 13.2 Å². The summed E-state index contributed by atoms with van der Waals surface area (Å²) in [5, 5.41) is 6.63. The molecule has 158 valence electrons. The van der Waals surface area contributed by atoms with E-state index in [0.29, 0.717) is 24.8 Å². The number of hydrogen-bond donors (Lipinski definition) is 2. The number of nitrogens with zero attached hydrogens (tertiary/aromatic N) is 3. The van der Waals surface area contributed by atoms with E-state index in [1.54, 1.807) is 6.20 Å². The van der Waals surface area contributed by atoms with Gasteiger partial charge in [0.2, 0.25) is 5.88 Å². The Kier molecular flexibility index (Phi) is 8.14. The first-order valence-corrected chi connectivity index (χ1v) is 10.3. The van der Waals surface area contributed by atoms with Crippen LogP contribution in [0.25, 0.3) is 0 Å². The normalized spacial score (nSPS) is 11.2. The average molecular weight is 408 g/mol. The highest BCUT2D eigenvalue weighted by Crippen LogP contribution is 2.23. The molecule has 0 fully saturated rings. The maximum atomic E-state index is 5.86. The molecule has 1 aromatic carbocycles. The molecule has 7 nitrogen and oxygen atoms in total. The van der Waals surface area contributed by atoms with Crippen LogP contribution in [0.4, 0.5) is 0 Å².